The van der Waals surface area contributed by atoms with E-state index < -0.39 is 12.2 Å². The van der Waals surface area contributed by atoms with Crippen LogP contribution >= 0.6 is 23.2 Å². The Balaban J connectivity index is 1.45. The first-order valence-electron chi connectivity index (χ1n) is 16.7. The highest BCUT2D eigenvalue weighted by Gasteiger charge is 2.23. The minimum absolute atomic E-state index is 0.102. The molecule has 0 radical (unpaired) electrons. The number of aromatic amines is 2. The maximum absolute atomic E-state index is 12.9. The highest BCUT2D eigenvalue weighted by molar-refractivity contribution is 6.32. The first kappa shape index (κ1) is 39.7. The molecule has 0 spiro atoms. The molecule has 4 rings (SSSR count). The number of nitrogens with one attached hydrogen (secondary N) is 4. The molecule has 278 valence electrons. The Labute approximate surface area is 312 Å². The number of halogens is 2. The van der Waals surface area contributed by atoms with Gasteiger partial charge in [0.15, 0.2) is 10.3 Å². The van der Waals surface area contributed by atoms with Crippen molar-refractivity contribution in [3.05, 3.63) is 70.5 Å². The van der Waals surface area contributed by atoms with Gasteiger partial charge in [-0.05, 0) is 30.4 Å². The lowest BCUT2D eigenvalue weighted by Gasteiger charge is -2.27. The number of rotatable bonds is 15. The van der Waals surface area contributed by atoms with Crippen LogP contribution in [0.2, 0.25) is 10.3 Å². The molecule has 4 N–H and O–H groups in total. The average Bonchev–Trinajstić information content (AvgIpc) is 3.71. The largest absolute Gasteiger partial charge is 0.453 e. The third-order valence-electron chi connectivity index (χ3n) is 8.28. The smallest absolute Gasteiger partial charge is 0.407 e. The second-order valence-electron chi connectivity index (χ2n) is 12.5. The minimum Gasteiger partial charge on any atom is -0.453 e. The van der Waals surface area contributed by atoms with Crippen LogP contribution in [-0.2, 0) is 32.2 Å². The number of benzene rings is 2. The lowest BCUT2D eigenvalue weighted by molar-refractivity contribution is -0.133. The average molecular weight is 756 g/mol. The van der Waals surface area contributed by atoms with E-state index in [2.05, 4.69) is 40.0 Å². The Morgan fingerprint density at radius 3 is 1.56 bits per heavy atom. The molecule has 0 aliphatic rings. The molecule has 16 heteroatoms. The van der Waals surface area contributed by atoms with E-state index in [1.54, 1.807) is 9.80 Å². The van der Waals surface area contributed by atoms with E-state index in [4.69, 9.17) is 23.2 Å². The van der Waals surface area contributed by atoms with Crippen LogP contribution in [0.15, 0.2) is 48.5 Å². The summed E-state index contributed by atoms with van der Waals surface area (Å²) in [4.78, 5) is 67.4. The van der Waals surface area contributed by atoms with E-state index in [1.807, 2.05) is 76.2 Å². The van der Waals surface area contributed by atoms with Gasteiger partial charge in [0.1, 0.15) is 24.7 Å². The van der Waals surface area contributed by atoms with Crippen molar-refractivity contribution in [2.75, 3.05) is 33.9 Å². The van der Waals surface area contributed by atoms with Crippen molar-refractivity contribution < 1.29 is 28.7 Å². The number of carbonyl (C=O) groups excluding carboxylic acids is 4. The van der Waals surface area contributed by atoms with Crippen LogP contribution in [0.5, 0.6) is 0 Å². The van der Waals surface area contributed by atoms with E-state index in [9.17, 15) is 19.2 Å². The van der Waals surface area contributed by atoms with Gasteiger partial charge < -0.3 is 39.9 Å². The highest BCUT2D eigenvalue weighted by Crippen LogP contribution is 2.31. The molecule has 2 heterocycles. The zero-order chi connectivity index (χ0) is 37.9. The quantitative estimate of drug-likeness (QED) is 0.110. The van der Waals surface area contributed by atoms with E-state index >= 15 is 0 Å². The molecule has 2 aromatic heterocycles. The second kappa shape index (κ2) is 18.4. The molecule has 0 fully saturated rings. The molecule has 4 aromatic rings. The van der Waals surface area contributed by atoms with Gasteiger partial charge in [0, 0.05) is 23.7 Å². The van der Waals surface area contributed by atoms with Crippen molar-refractivity contribution in [2.24, 2.45) is 5.92 Å². The maximum atomic E-state index is 12.9. The van der Waals surface area contributed by atoms with Crippen LogP contribution in [0.1, 0.15) is 45.8 Å². The van der Waals surface area contributed by atoms with Gasteiger partial charge in [0.25, 0.3) is 0 Å². The Bertz CT molecular complexity index is 1840. The molecule has 2 aromatic carbocycles. The Morgan fingerprint density at radius 2 is 1.13 bits per heavy atom. The topological polar surface area (TPSA) is 175 Å². The number of alkyl carbamates (subject to hydrolysis) is 2. The molecule has 1 unspecified atom stereocenters. The zero-order valence-corrected chi connectivity index (χ0v) is 31.5. The number of ether oxygens (including phenoxy) is 2. The number of H-pyrrole nitrogens is 2. The molecule has 0 aliphatic carbocycles. The van der Waals surface area contributed by atoms with Crippen molar-refractivity contribution in [1.29, 1.82) is 0 Å². The Kier molecular flexibility index (Phi) is 14.1. The molecule has 0 aliphatic heterocycles. The lowest BCUT2D eigenvalue weighted by Crippen LogP contribution is -2.44. The van der Waals surface area contributed by atoms with Crippen molar-refractivity contribution in [3.63, 3.8) is 0 Å². The molecule has 14 nitrogen and oxygen atoms in total. The second-order valence-corrected chi connectivity index (χ2v) is 13.2. The fourth-order valence-electron chi connectivity index (χ4n) is 5.39. The summed E-state index contributed by atoms with van der Waals surface area (Å²) in [6.07, 6.45) is -0.649. The fourth-order valence-corrected chi connectivity index (χ4v) is 5.91. The molecular formula is C36H44Cl2N8O6. The van der Waals surface area contributed by atoms with Gasteiger partial charge in [-0.15, -0.1) is 0 Å². The van der Waals surface area contributed by atoms with Gasteiger partial charge in [-0.25, -0.2) is 19.6 Å². The highest BCUT2D eigenvalue weighted by atomic mass is 35.5. The maximum Gasteiger partial charge on any atom is 0.407 e. The summed E-state index contributed by atoms with van der Waals surface area (Å²) < 4.78 is 9.14. The number of nitrogens with zero attached hydrogens (tertiary/aromatic N) is 4. The number of carbonyl (C=O) groups is 4. The minimum atomic E-state index is -0.680. The van der Waals surface area contributed by atoms with Crippen LogP contribution in [0, 0.1) is 5.92 Å². The predicted octanol–water partition coefficient (Wildman–Crippen LogP) is 6.26. The third kappa shape index (κ3) is 10.5. The van der Waals surface area contributed by atoms with E-state index in [0.717, 1.165) is 22.3 Å². The summed E-state index contributed by atoms with van der Waals surface area (Å²) in [6.45, 7) is 8.34. The van der Waals surface area contributed by atoms with Crippen molar-refractivity contribution in [2.45, 2.75) is 53.2 Å². The molecule has 52 heavy (non-hydrogen) atoms. The number of amides is 4. The fraction of sp³-hybridized carbons (Fsp3) is 0.389. The number of hydrogen-bond acceptors (Lipinski definition) is 8. The number of aromatic nitrogens is 4. The van der Waals surface area contributed by atoms with Gasteiger partial charge in [-0.3, -0.25) is 9.59 Å². The normalized spacial score (nSPS) is 11.6. The third-order valence-corrected chi connectivity index (χ3v) is 8.83. The van der Waals surface area contributed by atoms with Gasteiger partial charge in [0.2, 0.25) is 11.8 Å². The van der Waals surface area contributed by atoms with Gasteiger partial charge >= 0.3 is 12.2 Å². The number of imidazole rings is 2. The molecular weight excluding hydrogens is 711 g/mol. The van der Waals surface area contributed by atoms with Crippen molar-refractivity contribution in [1.82, 2.24) is 40.4 Å². The number of hydrogen-bond donors (Lipinski definition) is 4. The van der Waals surface area contributed by atoms with Gasteiger partial charge in [-0.2, -0.15) is 0 Å². The van der Waals surface area contributed by atoms with Gasteiger partial charge in [0.05, 0.1) is 38.7 Å². The van der Waals surface area contributed by atoms with E-state index in [0.29, 0.717) is 36.0 Å². The standard InChI is InChI=1S/C36H44Cl2N8O6/c1-7-22(4)46(30(48)17-40-36(50)52-6)20-28-42-32(34(38)44-28)26-14-10-24(11-15-26)23-8-12-25(13-9-23)31-33(37)43-27(41-31)19-45(18-21(2)3)29(47)16-39-35(49)51-5/h8-15,21-22H,7,16-20H2,1-6H3,(H,39,49)(H,40,50)(H,41,43)(H,42,44). The molecule has 1 atom stereocenters. The summed E-state index contributed by atoms with van der Waals surface area (Å²) in [5, 5.41) is 5.42. The van der Waals surface area contributed by atoms with Crippen molar-refractivity contribution >= 4 is 47.2 Å². The summed E-state index contributed by atoms with van der Waals surface area (Å²) in [7, 11) is 2.48. The monoisotopic (exact) mass is 754 g/mol. The van der Waals surface area contributed by atoms with Crippen LogP contribution in [0.4, 0.5) is 9.59 Å². The van der Waals surface area contributed by atoms with Crippen LogP contribution < -0.4 is 10.6 Å². The van der Waals surface area contributed by atoms with Gasteiger partial charge in [-0.1, -0.05) is 92.5 Å². The molecule has 0 bridgehead atoms. The Morgan fingerprint density at radius 1 is 0.712 bits per heavy atom. The zero-order valence-electron chi connectivity index (χ0n) is 30.0. The lowest BCUT2D eigenvalue weighted by atomic mass is 10.0. The summed E-state index contributed by atoms with van der Waals surface area (Å²) in [5.74, 6) is 0.676. The first-order chi connectivity index (χ1) is 24.8. The predicted molar refractivity (Wildman–Crippen MR) is 198 cm³/mol. The van der Waals surface area contributed by atoms with Crippen LogP contribution in [0.25, 0.3) is 33.6 Å². The first-order valence-corrected chi connectivity index (χ1v) is 17.5. The summed E-state index contributed by atoms with van der Waals surface area (Å²) in [5.41, 5.74) is 4.83. The molecule has 0 saturated carbocycles. The van der Waals surface area contributed by atoms with E-state index in [1.165, 1.54) is 14.2 Å². The van der Waals surface area contributed by atoms with Crippen LogP contribution in [-0.4, -0.2) is 93.6 Å². The Hall–Kier alpha value is -5.08. The SMILES string of the molecule is CCC(C)N(Cc1nc(Cl)c(-c2ccc(-c3ccc(-c4[nH]c(CN(CC(C)C)C(=O)CNC(=O)OC)nc4Cl)cc3)cc2)[nH]1)C(=O)CNC(=O)OC. The molecule has 4 amide bonds. The van der Waals surface area contributed by atoms with Crippen LogP contribution in [0.3, 0.4) is 0 Å². The number of methoxy groups -OCH3 is 2. The molecule has 0 saturated heterocycles. The summed E-state index contributed by atoms with van der Waals surface area (Å²) in [6, 6.07) is 15.6. The van der Waals surface area contributed by atoms with E-state index in [-0.39, 0.29) is 60.3 Å². The van der Waals surface area contributed by atoms with Crippen molar-refractivity contribution in [3.8, 4) is 33.6 Å². The summed E-state index contributed by atoms with van der Waals surface area (Å²) >= 11 is 13.1.